The molecule has 0 aromatic heterocycles. The third-order valence-corrected chi connectivity index (χ3v) is 13.3. The summed E-state index contributed by atoms with van der Waals surface area (Å²) in [4.78, 5) is 51.1. The lowest BCUT2D eigenvalue weighted by Crippen LogP contribution is -2.61. The molecule has 0 saturated carbocycles. The SMILES string of the molecule is CC/C=C\C/C=C\C/C=C\CCCCCCCCCC(=O)OCC(COC1OC(C(=O)O)C(O)C(O)C1OC(=O)CCCCCCCCC/C=C\C/C=C\C/C=C\CC)OC(=O)CCCCCCCCCCCCC. The first-order chi connectivity index (χ1) is 36.6. The van der Waals surface area contributed by atoms with Crippen LogP contribution in [0.5, 0.6) is 0 Å². The molecule has 6 unspecified atom stereocenters. The van der Waals surface area contributed by atoms with E-state index < -0.39 is 67.3 Å². The zero-order chi connectivity index (χ0) is 54.7. The van der Waals surface area contributed by atoms with Crippen LogP contribution in [0.3, 0.4) is 0 Å². The average molecular weight is 1060 g/mol. The molecule has 0 spiro atoms. The van der Waals surface area contributed by atoms with E-state index in [1.807, 2.05) is 0 Å². The summed E-state index contributed by atoms with van der Waals surface area (Å²) < 4.78 is 28.4. The van der Waals surface area contributed by atoms with Crippen LogP contribution in [0, 0.1) is 0 Å². The fourth-order valence-corrected chi connectivity index (χ4v) is 8.75. The first-order valence-corrected chi connectivity index (χ1v) is 29.9. The van der Waals surface area contributed by atoms with Gasteiger partial charge < -0.3 is 39.0 Å². The van der Waals surface area contributed by atoms with Gasteiger partial charge >= 0.3 is 23.9 Å². The number of carbonyl (C=O) groups is 4. The van der Waals surface area contributed by atoms with Gasteiger partial charge in [-0.15, -0.1) is 0 Å². The van der Waals surface area contributed by atoms with E-state index in [4.69, 9.17) is 23.7 Å². The second-order valence-corrected chi connectivity index (χ2v) is 20.2. The second kappa shape index (κ2) is 50.9. The predicted molar refractivity (Wildman–Crippen MR) is 303 cm³/mol. The van der Waals surface area contributed by atoms with Crippen LogP contribution >= 0.6 is 0 Å². The van der Waals surface area contributed by atoms with Gasteiger partial charge in [-0.3, -0.25) is 14.4 Å². The van der Waals surface area contributed by atoms with E-state index in [-0.39, 0.29) is 25.9 Å². The highest BCUT2D eigenvalue weighted by Gasteiger charge is 2.50. The van der Waals surface area contributed by atoms with Gasteiger partial charge in [0.2, 0.25) is 0 Å². The van der Waals surface area contributed by atoms with Crippen LogP contribution in [0.1, 0.15) is 252 Å². The number of unbranched alkanes of at least 4 members (excludes halogenated alkanes) is 24. The van der Waals surface area contributed by atoms with Gasteiger partial charge in [0.25, 0.3) is 0 Å². The largest absolute Gasteiger partial charge is 0.479 e. The minimum absolute atomic E-state index is 0.0476. The van der Waals surface area contributed by atoms with E-state index in [1.54, 1.807) is 0 Å². The van der Waals surface area contributed by atoms with Gasteiger partial charge in [-0.05, 0) is 83.5 Å². The van der Waals surface area contributed by atoms with Crippen molar-refractivity contribution in [2.75, 3.05) is 13.2 Å². The van der Waals surface area contributed by atoms with Crippen LogP contribution in [0.25, 0.3) is 0 Å². The summed E-state index contributed by atoms with van der Waals surface area (Å²) >= 11 is 0. The minimum atomic E-state index is -1.91. The Kier molecular flexibility index (Phi) is 47.0. The molecule has 1 saturated heterocycles. The summed E-state index contributed by atoms with van der Waals surface area (Å²) in [5.41, 5.74) is 0. The Balaban J connectivity index is 2.67. The van der Waals surface area contributed by atoms with Crippen molar-refractivity contribution in [3.05, 3.63) is 72.9 Å². The third kappa shape index (κ3) is 41.0. The molecule has 0 bridgehead atoms. The summed E-state index contributed by atoms with van der Waals surface area (Å²) in [6, 6.07) is 0. The molecule has 12 heteroatoms. The minimum Gasteiger partial charge on any atom is -0.479 e. The van der Waals surface area contributed by atoms with Crippen LogP contribution in [-0.2, 0) is 42.9 Å². The number of rotatable bonds is 50. The Bertz CT molecular complexity index is 1580. The molecule has 1 aliphatic rings. The van der Waals surface area contributed by atoms with Crippen LogP contribution < -0.4 is 0 Å². The lowest BCUT2D eigenvalue weighted by Gasteiger charge is -2.40. The number of esters is 3. The predicted octanol–water partition coefficient (Wildman–Crippen LogP) is 15.3. The van der Waals surface area contributed by atoms with Gasteiger partial charge in [0.05, 0.1) is 6.61 Å². The molecule has 0 aromatic carbocycles. The van der Waals surface area contributed by atoms with Crippen molar-refractivity contribution in [1.29, 1.82) is 0 Å². The highest BCUT2D eigenvalue weighted by molar-refractivity contribution is 5.74. The third-order valence-electron chi connectivity index (χ3n) is 13.3. The zero-order valence-corrected chi connectivity index (χ0v) is 47.3. The zero-order valence-electron chi connectivity index (χ0n) is 47.3. The van der Waals surface area contributed by atoms with Gasteiger partial charge in [0, 0.05) is 19.3 Å². The van der Waals surface area contributed by atoms with Crippen molar-refractivity contribution in [2.45, 2.75) is 289 Å². The number of carbonyl (C=O) groups excluding carboxylic acids is 3. The van der Waals surface area contributed by atoms with Crippen molar-refractivity contribution in [1.82, 2.24) is 0 Å². The molecule has 1 aliphatic heterocycles. The molecule has 0 aliphatic carbocycles. The molecule has 1 fully saturated rings. The van der Waals surface area contributed by atoms with E-state index >= 15 is 0 Å². The molecule has 75 heavy (non-hydrogen) atoms. The van der Waals surface area contributed by atoms with Crippen LogP contribution in [0.15, 0.2) is 72.9 Å². The van der Waals surface area contributed by atoms with E-state index in [2.05, 4.69) is 93.7 Å². The molecule has 430 valence electrons. The Morgan fingerprint density at radius 1 is 0.453 bits per heavy atom. The molecule has 3 N–H and O–H groups in total. The normalized spacial score (nSPS) is 18.7. The molecule has 0 amide bonds. The molecule has 1 rings (SSSR count). The standard InChI is InChI=1S/C63H106O12/c1-4-7-10-13-16-19-22-24-26-28-30-32-35-37-40-43-46-49-55(64)71-52-54(73-56(65)50-47-44-41-38-34-21-18-15-12-9-6-3)53-72-63-61(59(68)58(67)60(75-63)62(69)70)74-57(66)51-48-45-42-39-36-33-31-29-27-25-23-20-17-14-11-8-5-2/h7-8,10-11,16-17,19-20,24-27,54,58-61,63,67-68H,4-6,9,12-15,18,21-23,28-53H2,1-3H3,(H,69,70)/b10-7-,11-8-,19-16-,20-17-,26-24-,27-25-. The average Bonchev–Trinajstić information content (AvgIpc) is 3.39. The maximum atomic E-state index is 13.1. The lowest BCUT2D eigenvalue weighted by atomic mass is 9.98. The van der Waals surface area contributed by atoms with E-state index in [9.17, 15) is 34.5 Å². The monoisotopic (exact) mass is 1050 g/mol. The molecule has 1 heterocycles. The van der Waals surface area contributed by atoms with Crippen LogP contribution in [0.2, 0.25) is 0 Å². The van der Waals surface area contributed by atoms with Gasteiger partial charge in [-0.2, -0.15) is 0 Å². The summed E-state index contributed by atoms with van der Waals surface area (Å²) in [6.45, 7) is 5.76. The number of aliphatic hydroxyl groups is 2. The Hall–Kier alpha value is -3.84. The fourth-order valence-electron chi connectivity index (χ4n) is 8.75. The number of carboxylic acids is 1. The van der Waals surface area contributed by atoms with Gasteiger partial charge in [0.1, 0.15) is 18.8 Å². The Morgan fingerprint density at radius 2 is 0.840 bits per heavy atom. The van der Waals surface area contributed by atoms with E-state index in [0.717, 1.165) is 135 Å². The summed E-state index contributed by atoms with van der Waals surface area (Å²) in [6.07, 6.45) is 51.5. The van der Waals surface area contributed by atoms with Gasteiger partial charge in [-0.25, -0.2) is 4.79 Å². The number of ether oxygens (including phenoxy) is 5. The number of hydrogen-bond donors (Lipinski definition) is 3. The van der Waals surface area contributed by atoms with Gasteiger partial charge in [0.15, 0.2) is 24.6 Å². The highest BCUT2D eigenvalue weighted by atomic mass is 16.7. The molecular weight excluding hydrogens is 949 g/mol. The van der Waals surface area contributed by atoms with Gasteiger partial charge in [-0.1, -0.05) is 222 Å². The summed E-state index contributed by atoms with van der Waals surface area (Å²) in [5.74, 6) is -3.14. The topological polar surface area (TPSA) is 175 Å². The van der Waals surface area contributed by atoms with Crippen LogP contribution in [-0.4, -0.2) is 89.2 Å². The Labute approximate surface area is 455 Å². The number of carboxylic acid groups (broad SMARTS) is 1. The first-order valence-electron chi connectivity index (χ1n) is 29.9. The molecule has 0 radical (unpaired) electrons. The number of allylic oxidation sites excluding steroid dienone is 12. The van der Waals surface area contributed by atoms with Crippen LogP contribution in [0.4, 0.5) is 0 Å². The molecule has 0 aromatic rings. The molecule has 6 atom stereocenters. The van der Waals surface area contributed by atoms with Crippen molar-refractivity contribution < 1.29 is 58.2 Å². The number of hydrogen-bond acceptors (Lipinski definition) is 11. The lowest BCUT2D eigenvalue weighted by molar-refractivity contribution is -0.301. The Morgan fingerprint density at radius 3 is 1.28 bits per heavy atom. The summed E-state index contributed by atoms with van der Waals surface area (Å²) in [5, 5.41) is 31.5. The van der Waals surface area contributed by atoms with Crippen molar-refractivity contribution in [3.63, 3.8) is 0 Å². The van der Waals surface area contributed by atoms with Crippen molar-refractivity contribution in [3.8, 4) is 0 Å². The molecular formula is C63H106O12. The quantitative estimate of drug-likeness (QED) is 0.0228. The van der Waals surface area contributed by atoms with E-state index in [0.29, 0.717) is 19.3 Å². The second-order valence-electron chi connectivity index (χ2n) is 20.2. The summed E-state index contributed by atoms with van der Waals surface area (Å²) in [7, 11) is 0. The maximum Gasteiger partial charge on any atom is 0.335 e. The first kappa shape index (κ1) is 69.2. The molecule has 12 nitrogen and oxygen atoms in total. The number of aliphatic carboxylic acids is 1. The number of aliphatic hydroxyl groups excluding tert-OH is 2. The van der Waals surface area contributed by atoms with Crippen molar-refractivity contribution >= 4 is 23.9 Å². The van der Waals surface area contributed by atoms with Crippen molar-refractivity contribution in [2.24, 2.45) is 0 Å². The maximum absolute atomic E-state index is 13.1. The fraction of sp³-hybridized carbons (Fsp3) is 0.746. The smallest absolute Gasteiger partial charge is 0.335 e. The van der Waals surface area contributed by atoms with E-state index in [1.165, 1.54) is 57.8 Å². The highest BCUT2D eigenvalue weighted by Crippen LogP contribution is 2.26.